The highest BCUT2D eigenvalue weighted by molar-refractivity contribution is 6.35. The van der Waals surface area contributed by atoms with Crippen molar-refractivity contribution in [2.75, 3.05) is 7.11 Å². The van der Waals surface area contributed by atoms with Gasteiger partial charge in [-0.25, -0.2) is 9.59 Å². The van der Waals surface area contributed by atoms with Crippen LogP contribution in [0.15, 0.2) is 103 Å². The van der Waals surface area contributed by atoms with E-state index in [4.69, 9.17) is 41.5 Å². The van der Waals surface area contributed by atoms with Crippen LogP contribution in [0.25, 0.3) is 21.9 Å². The van der Waals surface area contributed by atoms with Gasteiger partial charge in [-0.2, -0.15) is 0 Å². The standard InChI is InChI=1S/C33H22Cl2O8/c1-40-23-12-10-17(14-18(23)16-41-26-13-11-19(34)15-22(26)35)27(28-30(36)20-6-2-4-8-24(20)42-32(28)38)29-31(37)21-7-3-5-9-25(21)43-33(29)39/h2-15,27,36-37H,16H2,1H3. The first-order valence-corrected chi connectivity index (χ1v) is 13.8. The highest BCUT2D eigenvalue weighted by Crippen LogP contribution is 2.43. The second-order valence-electron chi connectivity index (χ2n) is 9.66. The molecule has 2 heterocycles. The van der Waals surface area contributed by atoms with E-state index in [-0.39, 0.29) is 39.7 Å². The minimum Gasteiger partial charge on any atom is -0.507 e. The van der Waals surface area contributed by atoms with Crippen molar-refractivity contribution < 1.29 is 28.5 Å². The Morgan fingerprint density at radius 3 is 1.86 bits per heavy atom. The first-order valence-electron chi connectivity index (χ1n) is 13.0. The number of fused-ring (bicyclic) bond motifs is 2. The molecule has 0 aliphatic rings. The lowest BCUT2D eigenvalue weighted by molar-refractivity contribution is 0.296. The summed E-state index contributed by atoms with van der Waals surface area (Å²) in [6.45, 7) is -0.0261. The van der Waals surface area contributed by atoms with E-state index in [2.05, 4.69) is 0 Å². The minimum atomic E-state index is -1.31. The largest absolute Gasteiger partial charge is 0.507 e. The van der Waals surface area contributed by atoms with Gasteiger partial charge in [-0.1, -0.05) is 53.5 Å². The molecular weight excluding hydrogens is 595 g/mol. The minimum absolute atomic E-state index is 0.0261. The Bertz CT molecular complexity index is 2030. The molecule has 0 saturated carbocycles. The molecule has 216 valence electrons. The van der Waals surface area contributed by atoms with E-state index in [1.54, 1.807) is 84.9 Å². The van der Waals surface area contributed by atoms with Gasteiger partial charge in [-0.3, -0.25) is 0 Å². The molecular formula is C33H22Cl2O8. The Kier molecular flexibility index (Phi) is 7.48. The molecule has 10 heteroatoms. The zero-order valence-corrected chi connectivity index (χ0v) is 24.0. The highest BCUT2D eigenvalue weighted by atomic mass is 35.5. The second kappa shape index (κ2) is 11.4. The fourth-order valence-corrected chi connectivity index (χ4v) is 5.58. The first kappa shape index (κ1) is 28.2. The van der Waals surface area contributed by atoms with Crippen molar-refractivity contribution in [2.24, 2.45) is 0 Å². The summed E-state index contributed by atoms with van der Waals surface area (Å²) in [4.78, 5) is 27.0. The highest BCUT2D eigenvalue weighted by Gasteiger charge is 2.33. The molecule has 2 N–H and O–H groups in total. The van der Waals surface area contributed by atoms with E-state index in [1.165, 1.54) is 7.11 Å². The molecule has 6 aromatic rings. The van der Waals surface area contributed by atoms with Gasteiger partial charge in [0.05, 0.1) is 39.9 Å². The van der Waals surface area contributed by atoms with Crippen molar-refractivity contribution in [1.82, 2.24) is 0 Å². The second-order valence-corrected chi connectivity index (χ2v) is 10.5. The van der Waals surface area contributed by atoms with Gasteiger partial charge in [0.1, 0.15) is 40.8 Å². The van der Waals surface area contributed by atoms with Crippen molar-refractivity contribution in [1.29, 1.82) is 0 Å². The van der Waals surface area contributed by atoms with Crippen LogP contribution in [0.1, 0.15) is 28.2 Å². The smallest absolute Gasteiger partial charge is 0.344 e. The fourth-order valence-electron chi connectivity index (χ4n) is 5.12. The third-order valence-corrected chi connectivity index (χ3v) is 7.66. The summed E-state index contributed by atoms with van der Waals surface area (Å²) in [5, 5.41) is 24.1. The number of hydrogen-bond donors (Lipinski definition) is 2. The first-order chi connectivity index (χ1) is 20.8. The number of ether oxygens (including phenoxy) is 2. The molecule has 43 heavy (non-hydrogen) atoms. The number of para-hydroxylation sites is 2. The number of rotatable bonds is 7. The predicted molar refractivity (Wildman–Crippen MR) is 163 cm³/mol. The monoisotopic (exact) mass is 616 g/mol. The van der Waals surface area contributed by atoms with Gasteiger partial charge in [-0.05, 0) is 60.2 Å². The lowest BCUT2D eigenvalue weighted by atomic mass is 9.84. The summed E-state index contributed by atoms with van der Waals surface area (Å²) in [6.07, 6.45) is 0. The lowest BCUT2D eigenvalue weighted by Gasteiger charge is -2.21. The van der Waals surface area contributed by atoms with Crippen LogP contribution in [0, 0.1) is 0 Å². The maximum Gasteiger partial charge on any atom is 0.344 e. The summed E-state index contributed by atoms with van der Waals surface area (Å²) < 4.78 is 22.6. The van der Waals surface area contributed by atoms with Gasteiger partial charge >= 0.3 is 11.3 Å². The molecule has 0 unspecified atom stereocenters. The molecule has 0 aliphatic heterocycles. The number of benzene rings is 4. The van der Waals surface area contributed by atoms with Gasteiger partial charge in [0.15, 0.2) is 0 Å². The van der Waals surface area contributed by atoms with Crippen molar-refractivity contribution in [3.05, 3.63) is 138 Å². The maximum absolute atomic E-state index is 13.5. The molecule has 8 nitrogen and oxygen atoms in total. The number of aromatic hydroxyl groups is 2. The zero-order chi connectivity index (χ0) is 30.2. The normalized spacial score (nSPS) is 11.3. The van der Waals surface area contributed by atoms with Crippen LogP contribution in [-0.2, 0) is 6.61 Å². The van der Waals surface area contributed by atoms with Crippen LogP contribution in [0.4, 0.5) is 0 Å². The molecule has 0 amide bonds. The molecule has 0 atom stereocenters. The van der Waals surface area contributed by atoms with Crippen LogP contribution < -0.4 is 20.7 Å². The van der Waals surface area contributed by atoms with Crippen molar-refractivity contribution >= 4 is 45.1 Å². The SMILES string of the molecule is COc1ccc(C(c2c(O)c3ccccc3oc2=O)c2c(O)c3ccccc3oc2=O)cc1COc1ccc(Cl)cc1Cl. The Balaban J connectivity index is 1.58. The van der Waals surface area contributed by atoms with Crippen LogP contribution >= 0.6 is 23.2 Å². The van der Waals surface area contributed by atoms with E-state index in [1.807, 2.05) is 0 Å². The van der Waals surface area contributed by atoms with E-state index in [0.717, 1.165) is 0 Å². The summed E-state index contributed by atoms with van der Waals surface area (Å²) in [7, 11) is 1.48. The summed E-state index contributed by atoms with van der Waals surface area (Å²) in [5.41, 5.74) is -1.12. The van der Waals surface area contributed by atoms with E-state index in [0.29, 0.717) is 32.7 Å². The molecule has 0 spiro atoms. The number of hydrogen-bond acceptors (Lipinski definition) is 8. The van der Waals surface area contributed by atoms with Crippen molar-refractivity contribution in [3.63, 3.8) is 0 Å². The number of halogens is 2. The van der Waals surface area contributed by atoms with Gasteiger partial charge in [0, 0.05) is 10.6 Å². The lowest BCUT2D eigenvalue weighted by Crippen LogP contribution is -2.21. The van der Waals surface area contributed by atoms with Gasteiger partial charge < -0.3 is 28.5 Å². The Labute approximate surface area is 253 Å². The third-order valence-electron chi connectivity index (χ3n) is 7.13. The van der Waals surface area contributed by atoms with Gasteiger partial charge in [0.2, 0.25) is 0 Å². The molecule has 0 bridgehead atoms. The summed E-state index contributed by atoms with van der Waals surface area (Å²) in [6, 6.07) is 22.6. The van der Waals surface area contributed by atoms with Crippen LogP contribution in [0.2, 0.25) is 10.0 Å². The Hall–Kier alpha value is -4.92. The third kappa shape index (κ3) is 5.16. The Morgan fingerprint density at radius 1 is 0.744 bits per heavy atom. The molecule has 4 aromatic carbocycles. The number of methoxy groups -OCH3 is 1. The molecule has 2 aromatic heterocycles. The van der Waals surface area contributed by atoms with E-state index >= 15 is 0 Å². The predicted octanol–water partition coefficient (Wildman–Crippen LogP) is 7.39. The average molecular weight is 617 g/mol. The van der Waals surface area contributed by atoms with E-state index < -0.39 is 28.7 Å². The van der Waals surface area contributed by atoms with Crippen LogP contribution in [0.5, 0.6) is 23.0 Å². The summed E-state index contributed by atoms with van der Waals surface area (Å²) >= 11 is 12.3. The van der Waals surface area contributed by atoms with Crippen LogP contribution in [-0.4, -0.2) is 17.3 Å². The van der Waals surface area contributed by atoms with Crippen LogP contribution in [0.3, 0.4) is 0 Å². The molecule has 6 rings (SSSR count). The quantitative estimate of drug-likeness (QED) is 0.178. The molecule has 0 aliphatic carbocycles. The molecule has 0 radical (unpaired) electrons. The molecule has 0 saturated heterocycles. The van der Waals surface area contributed by atoms with Crippen molar-refractivity contribution in [2.45, 2.75) is 12.5 Å². The molecule has 0 fully saturated rings. The van der Waals surface area contributed by atoms with Gasteiger partial charge in [0.25, 0.3) is 0 Å². The van der Waals surface area contributed by atoms with Crippen molar-refractivity contribution in [3.8, 4) is 23.0 Å². The van der Waals surface area contributed by atoms with E-state index in [9.17, 15) is 19.8 Å². The fraction of sp³-hybridized carbons (Fsp3) is 0.0909. The zero-order valence-electron chi connectivity index (χ0n) is 22.5. The average Bonchev–Trinajstić information content (AvgIpc) is 2.99. The maximum atomic E-state index is 13.5. The Morgan fingerprint density at radius 2 is 1.30 bits per heavy atom. The summed E-state index contributed by atoms with van der Waals surface area (Å²) in [5.74, 6) is -1.30. The van der Waals surface area contributed by atoms with Gasteiger partial charge in [-0.15, -0.1) is 0 Å². The topological polar surface area (TPSA) is 119 Å².